The average molecular weight is 419 g/mol. The third-order valence-corrected chi connectivity index (χ3v) is 5.33. The van der Waals surface area contributed by atoms with Crippen LogP contribution in [0, 0.1) is 12.0 Å². The molecule has 0 saturated carbocycles. The Morgan fingerprint density at radius 1 is 1.32 bits per heavy atom. The number of methoxy groups -OCH3 is 2. The van der Waals surface area contributed by atoms with E-state index in [4.69, 9.17) is 9.47 Å². The number of amides is 1. The largest absolute Gasteiger partial charge is 0.497 e. The van der Waals surface area contributed by atoms with Gasteiger partial charge in [-0.1, -0.05) is 6.58 Å². The summed E-state index contributed by atoms with van der Waals surface area (Å²) in [6.45, 7) is 5.57. The predicted molar refractivity (Wildman–Crippen MR) is 118 cm³/mol. The highest BCUT2D eigenvalue weighted by molar-refractivity contribution is 5.89. The van der Waals surface area contributed by atoms with Gasteiger partial charge in [-0.3, -0.25) is 14.7 Å². The normalized spacial score (nSPS) is 19.2. The van der Waals surface area contributed by atoms with Crippen LogP contribution in [0.25, 0.3) is 0 Å². The molecule has 160 valence electrons. The number of carbonyl (C=O) groups excluding carboxylic acids is 1. The minimum absolute atomic E-state index is 0.0664. The van der Waals surface area contributed by atoms with Crippen LogP contribution in [-0.4, -0.2) is 61.9 Å². The summed E-state index contributed by atoms with van der Waals surface area (Å²) in [6.07, 6.45) is 5.82. The van der Waals surface area contributed by atoms with Gasteiger partial charge in [0.05, 0.1) is 31.7 Å². The molecular formula is C23H25N5O3. The molecule has 8 heteroatoms. The summed E-state index contributed by atoms with van der Waals surface area (Å²) in [6, 6.07) is 8.89. The summed E-state index contributed by atoms with van der Waals surface area (Å²) >= 11 is 0. The third kappa shape index (κ3) is 4.36. The van der Waals surface area contributed by atoms with Gasteiger partial charge in [-0.05, 0) is 30.6 Å². The van der Waals surface area contributed by atoms with Crippen molar-refractivity contribution < 1.29 is 14.3 Å². The molecule has 0 unspecified atom stereocenters. The summed E-state index contributed by atoms with van der Waals surface area (Å²) in [4.78, 5) is 20.2. The van der Waals surface area contributed by atoms with Crippen molar-refractivity contribution in [2.45, 2.75) is 12.5 Å². The van der Waals surface area contributed by atoms with Crippen LogP contribution in [-0.2, 0) is 4.79 Å². The standard InChI is InChI=1S/C23H25N5O3/c1-4-22(29)26-17-6-8-27(14-17)23-20-12-24-13-21(20)25-15-28(23)7-5-16-9-18(30-2)11-19(10-16)31-3/h4,9-13,17,25H,1,6,8,14-15H2,2-3H3,(H,26,29)/t17-/m1/s1. The number of likely N-dealkylation sites (tertiary alicyclic amines) is 1. The zero-order valence-corrected chi connectivity index (χ0v) is 17.6. The van der Waals surface area contributed by atoms with E-state index in [2.05, 4.69) is 39.1 Å². The lowest BCUT2D eigenvalue weighted by molar-refractivity contribution is -0.117. The first-order valence-corrected chi connectivity index (χ1v) is 10.0. The first-order valence-electron chi connectivity index (χ1n) is 10.0. The highest BCUT2D eigenvalue weighted by Crippen LogP contribution is 2.28. The van der Waals surface area contributed by atoms with Gasteiger partial charge in [-0.15, -0.1) is 0 Å². The smallest absolute Gasteiger partial charge is 0.243 e. The zero-order chi connectivity index (χ0) is 21.8. The summed E-state index contributed by atoms with van der Waals surface area (Å²) in [5, 5.41) is 6.35. The van der Waals surface area contributed by atoms with Crippen LogP contribution in [0.5, 0.6) is 11.5 Å². The van der Waals surface area contributed by atoms with E-state index in [1.54, 1.807) is 14.2 Å². The summed E-state index contributed by atoms with van der Waals surface area (Å²) < 4.78 is 10.7. The number of hydrogen-bond donors (Lipinski definition) is 2. The molecular weight excluding hydrogens is 394 g/mol. The van der Waals surface area contributed by atoms with Crippen LogP contribution < -0.4 is 20.1 Å². The van der Waals surface area contributed by atoms with E-state index in [0.717, 1.165) is 35.6 Å². The molecule has 2 N–H and O–H groups in total. The molecule has 8 nitrogen and oxygen atoms in total. The van der Waals surface area contributed by atoms with Gasteiger partial charge >= 0.3 is 0 Å². The number of fused-ring (bicyclic) bond motifs is 1. The zero-order valence-electron chi connectivity index (χ0n) is 17.6. The van der Waals surface area contributed by atoms with E-state index in [1.807, 2.05) is 35.5 Å². The molecule has 3 aliphatic rings. The molecule has 0 aromatic heterocycles. The minimum Gasteiger partial charge on any atom is -0.497 e. The molecule has 1 saturated heterocycles. The van der Waals surface area contributed by atoms with E-state index >= 15 is 0 Å². The Hall–Kier alpha value is -3.86. The van der Waals surface area contributed by atoms with Crippen LogP contribution in [0.3, 0.4) is 0 Å². The van der Waals surface area contributed by atoms with Crippen LogP contribution >= 0.6 is 0 Å². The molecule has 0 radical (unpaired) electrons. The number of carbonyl (C=O) groups is 1. The number of benzene rings is 1. The number of rotatable bonds is 5. The van der Waals surface area contributed by atoms with E-state index in [0.29, 0.717) is 24.7 Å². The quantitative estimate of drug-likeness (QED) is 0.555. The maximum atomic E-state index is 11.7. The van der Waals surface area contributed by atoms with Crippen LogP contribution in [0.4, 0.5) is 0 Å². The van der Waals surface area contributed by atoms with Crippen molar-refractivity contribution in [3.05, 3.63) is 59.7 Å². The maximum Gasteiger partial charge on any atom is 0.243 e. The Morgan fingerprint density at radius 3 is 2.81 bits per heavy atom. The molecule has 1 aromatic rings. The van der Waals surface area contributed by atoms with Crippen molar-refractivity contribution in [2.75, 3.05) is 34.0 Å². The monoisotopic (exact) mass is 419 g/mol. The van der Waals surface area contributed by atoms with Crippen molar-refractivity contribution >= 4 is 12.1 Å². The molecule has 3 heterocycles. The first kappa shape index (κ1) is 20.4. The van der Waals surface area contributed by atoms with Gasteiger partial charge in [0.15, 0.2) is 0 Å². The first-order chi connectivity index (χ1) is 15.1. The van der Waals surface area contributed by atoms with Gasteiger partial charge in [0, 0.05) is 43.0 Å². The number of ether oxygens (including phenoxy) is 2. The second-order valence-electron chi connectivity index (χ2n) is 7.30. The lowest BCUT2D eigenvalue weighted by Gasteiger charge is -2.35. The van der Waals surface area contributed by atoms with Gasteiger partial charge in [0.25, 0.3) is 0 Å². The van der Waals surface area contributed by atoms with Gasteiger partial charge < -0.3 is 25.0 Å². The maximum absolute atomic E-state index is 11.7. The Kier molecular flexibility index (Phi) is 5.85. The van der Waals surface area contributed by atoms with Gasteiger partial charge in [-0.25, -0.2) is 0 Å². The molecule has 0 spiro atoms. The SMILES string of the molecule is C=CC(=O)N[C@@H]1CCN(C2=C3C=NC=C3NCN2C#Cc2cc(OC)cc(OC)c2)C1. The number of nitrogens with one attached hydrogen (secondary N) is 2. The number of hydrogen-bond acceptors (Lipinski definition) is 7. The lowest BCUT2D eigenvalue weighted by Crippen LogP contribution is -2.44. The van der Waals surface area contributed by atoms with E-state index in [9.17, 15) is 4.79 Å². The Labute approximate surface area is 181 Å². The minimum atomic E-state index is -0.151. The molecule has 1 fully saturated rings. The average Bonchev–Trinajstić information content (AvgIpc) is 3.46. The van der Waals surface area contributed by atoms with Crippen molar-refractivity contribution in [1.82, 2.24) is 20.4 Å². The fourth-order valence-corrected chi connectivity index (χ4v) is 3.80. The summed E-state index contributed by atoms with van der Waals surface area (Å²) in [5.74, 6) is 5.43. The van der Waals surface area contributed by atoms with Crippen LogP contribution in [0.1, 0.15) is 12.0 Å². The molecule has 1 aromatic carbocycles. The highest BCUT2D eigenvalue weighted by Gasteiger charge is 2.32. The van der Waals surface area contributed by atoms with Crippen molar-refractivity contribution in [3.63, 3.8) is 0 Å². The molecule has 4 rings (SSSR count). The van der Waals surface area contributed by atoms with Crippen molar-refractivity contribution in [2.24, 2.45) is 4.99 Å². The molecule has 0 bridgehead atoms. The lowest BCUT2D eigenvalue weighted by atomic mass is 10.1. The highest BCUT2D eigenvalue weighted by atomic mass is 16.5. The predicted octanol–water partition coefficient (Wildman–Crippen LogP) is 1.39. The summed E-state index contributed by atoms with van der Waals surface area (Å²) in [7, 11) is 3.23. The second-order valence-corrected chi connectivity index (χ2v) is 7.30. The molecule has 31 heavy (non-hydrogen) atoms. The Bertz CT molecular complexity index is 1020. The number of allylic oxidation sites excluding steroid dienone is 1. The van der Waals surface area contributed by atoms with Crippen molar-refractivity contribution in [3.8, 4) is 23.5 Å². The van der Waals surface area contributed by atoms with E-state index in [-0.39, 0.29) is 11.9 Å². The molecule has 0 aliphatic carbocycles. The van der Waals surface area contributed by atoms with Crippen molar-refractivity contribution in [1.29, 1.82) is 0 Å². The molecule has 3 aliphatic heterocycles. The van der Waals surface area contributed by atoms with Gasteiger partial charge in [0.1, 0.15) is 24.0 Å². The third-order valence-electron chi connectivity index (χ3n) is 5.33. The fraction of sp³-hybridized carbons (Fsp3) is 0.304. The number of aliphatic imine (C=N–C) groups is 1. The van der Waals surface area contributed by atoms with Crippen LogP contribution in [0.2, 0.25) is 0 Å². The van der Waals surface area contributed by atoms with Gasteiger partial charge in [-0.2, -0.15) is 0 Å². The summed E-state index contributed by atoms with van der Waals surface area (Å²) in [5.41, 5.74) is 2.77. The Balaban J connectivity index is 1.61. The second kappa shape index (κ2) is 8.88. The van der Waals surface area contributed by atoms with E-state index < -0.39 is 0 Å². The van der Waals surface area contributed by atoms with Gasteiger partial charge in [0.2, 0.25) is 5.91 Å². The molecule has 1 atom stereocenters. The van der Waals surface area contributed by atoms with E-state index in [1.165, 1.54) is 6.08 Å². The topological polar surface area (TPSA) is 78.4 Å². The van der Waals surface area contributed by atoms with Crippen LogP contribution in [0.15, 0.2) is 59.1 Å². The number of nitrogens with zero attached hydrogens (tertiary/aromatic N) is 3. The fourth-order valence-electron chi connectivity index (χ4n) is 3.80. The molecule has 1 amide bonds. The Morgan fingerprint density at radius 2 is 2.10 bits per heavy atom.